The van der Waals surface area contributed by atoms with Gasteiger partial charge in [0.1, 0.15) is 36.8 Å². The number of carbonyl (C=O) groups excluding carboxylic acids is 2. The van der Waals surface area contributed by atoms with Crippen LogP contribution < -0.4 is 0 Å². The topological polar surface area (TPSA) is 186 Å². The van der Waals surface area contributed by atoms with E-state index in [1.807, 2.05) is 6.08 Å². The van der Waals surface area contributed by atoms with Crippen molar-refractivity contribution >= 4 is 22.1 Å². The molecule has 1 fully saturated rings. The van der Waals surface area contributed by atoms with Gasteiger partial charge in [-0.15, -0.1) is 6.58 Å². The number of esters is 2. The molecule has 1 aliphatic rings. The van der Waals surface area contributed by atoms with Crippen molar-refractivity contribution in [1.29, 1.82) is 0 Å². The summed E-state index contributed by atoms with van der Waals surface area (Å²) >= 11 is 0. The van der Waals surface area contributed by atoms with Crippen molar-refractivity contribution in [3.8, 4) is 0 Å². The van der Waals surface area contributed by atoms with Gasteiger partial charge in [-0.05, 0) is 25.7 Å². The molecule has 2 unspecified atom stereocenters. The van der Waals surface area contributed by atoms with Crippen LogP contribution in [0.15, 0.2) is 12.7 Å². The normalized spacial score (nSPS) is 19.3. The molecule has 0 bridgehead atoms. The Balaban J connectivity index is 2.31. The van der Waals surface area contributed by atoms with Crippen LogP contribution in [0.2, 0.25) is 0 Å². The van der Waals surface area contributed by atoms with Crippen molar-refractivity contribution in [2.24, 2.45) is 0 Å². The molecule has 0 radical (unpaired) electrons. The Bertz CT molecular complexity index is 1230. The summed E-state index contributed by atoms with van der Waals surface area (Å²) in [5.41, 5.74) is 0. The average Bonchev–Trinajstić information content (AvgIpc) is 3.27. The van der Waals surface area contributed by atoms with Gasteiger partial charge in [-0.1, -0.05) is 218 Å². The maximum atomic E-state index is 12.9. The summed E-state index contributed by atoms with van der Waals surface area (Å²) in [6.07, 6.45) is 37.2. The van der Waals surface area contributed by atoms with Crippen LogP contribution in [-0.2, 0) is 38.7 Å². The Kier molecular flexibility index (Phi) is 40.1. The highest BCUT2D eigenvalue weighted by atomic mass is 32.2. The molecule has 13 heteroatoms. The van der Waals surface area contributed by atoms with E-state index in [1.165, 1.54) is 173 Å². The highest BCUT2D eigenvalue weighted by molar-refractivity contribution is 7.85. The molecule has 1 rings (SSSR count). The second-order valence-electron chi connectivity index (χ2n) is 19.0. The van der Waals surface area contributed by atoms with Crippen LogP contribution in [0.1, 0.15) is 251 Å². The molecule has 0 aromatic carbocycles. The van der Waals surface area contributed by atoms with Crippen molar-refractivity contribution in [2.75, 3.05) is 19.0 Å². The van der Waals surface area contributed by atoms with E-state index in [4.69, 9.17) is 18.9 Å². The number of rotatable bonds is 47. The summed E-state index contributed by atoms with van der Waals surface area (Å²) in [5.74, 6) is -1.97. The summed E-state index contributed by atoms with van der Waals surface area (Å²) in [5, 5.41) is 31.0. The predicted octanol–water partition coefficient (Wildman–Crippen LogP) is 12.2. The number of hydrogen-bond acceptors (Lipinski definition) is 11. The molecule has 1 aliphatic heterocycles. The quantitative estimate of drug-likeness (QED) is 0.0196. The standard InChI is InChI=1S/C52H98O12S/c1-3-5-7-9-11-13-15-17-19-20-21-22-23-24-25-27-28-30-32-34-36-38-40-47(53)61-42-45(43-62-52-51(57)50(56)49(55)46(64-52)44-65(58,59)60)63-48(54)41-39-37-35-33-31-29-26-18-16-14-12-10-8-6-4-2/h4,45-46,49-52,55-57H,2-3,5-44H2,1H3,(H,58,59,60)/t45-,46-,49-,50?,51?,52+/m1/s1. The molecule has 4 N–H and O–H groups in total. The van der Waals surface area contributed by atoms with Crippen molar-refractivity contribution < 1.29 is 56.8 Å². The molecule has 12 nitrogen and oxygen atoms in total. The Hall–Kier alpha value is -1.61. The average molecular weight is 947 g/mol. The number of allylic oxidation sites excluding steroid dienone is 1. The molecular weight excluding hydrogens is 849 g/mol. The predicted molar refractivity (Wildman–Crippen MR) is 261 cm³/mol. The van der Waals surface area contributed by atoms with Gasteiger partial charge in [-0.25, -0.2) is 0 Å². The van der Waals surface area contributed by atoms with E-state index in [9.17, 15) is 37.9 Å². The zero-order valence-electron chi connectivity index (χ0n) is 41.2. The molecule has 384 valence electrons. The molecule has 0 aromatic heterocycles. The van der Waals surface area contributed by atoms with Gasteiger partial charge in [-0.2, -0.15) is 8.42 Å². The van der Waals surface area contributed by atoms with Gasteiger partial charge in [-0.3, -0.25) is 14.1 Å². The van der Waals surface area contributed by atoms with Crippen molar-refractivity contribution in [3.63, 3.8) is 0 Å². The SMILES string of the molecule is C=CCCCCCCCCCCCCCCCC(=O)O[C@H](COC(=O)CCCCCCCCCCCCCCCCCCCCCCCC)CO[C@H]1O[C@H](CS(=O)(=O)O)[C@@H](O)C(O)C1O. The van der Waals surface area contributed by atoms with Crippen LogP contribution in [0.3, 0.4) is 0 Å². The third-order valence-electron chi connectivity index (χ3n) is 12.7. The number of carbonyl (C=O) groups is 2. The molecule has 0 saturated carbocycles. The highest BCUT2D eigenvalue weighted by Gasteiger charge is 2.46. The minimum absolute atomic E-state index is 0.167. The number of ether oxygens (including phenoxy) is 4. The molecule has 1 saturated heterocycles. The fourth-order valence-corrected chi connectivity index (χ4v) is 9.29. The lowest BCUT2D eigenvalue weighted by atomic mass is 10.00. The van der Waals surface area contributed by atoms with Crippen LogP contribution in [0.5, 0.6) is 0 Å². The van der Waals surface area contributed by atoms with Crippen LogP contribution in [0.25, 0.3) is 0 Å². The fraction of sp³-hybridized carbons (Fsp3) is 0.923. The minimum atomic E-state index is -4.60. The van der Waals surface area contributed by atoms with Crippen LogP contribution in [-0.4, -0.2) is 96.0 Å². The summed E-state index contributed by atoms with van der Waals surface area (Å²) in [6, 6.07) is 0. The van der Waals surface area contributed by atoms with Crippen LogP contribution in [0.4, 0.5) is 0 Å². The van der Waals surface area contributed by atoms with E-state index in [2.05, 4.69) is 13.5 Å². The first-order chi connectivity index (χ1) is 31.5. The smallest absolute Gasteiger partial charge is 0.306 e. The second kappa shape index (κ2) is 42.5. The Morgan fingerprint density at radius 3 is 1.29 bits per heavy atom. The first-order valence-electron chi connectivity index (χ1n) is 26.7. The molecule has 0 aromatic rings. The van der Waals surface area contributed by atoms with E-state index in [0.29, 0.717) is 12.8 Å². The summed E-state index contributed by atoms with van der Waals surface area (Å²) in [7, 11) is -4.60. The zero-order chi connectivity index (χ0) is 47.6. The van der Waals surface area contributed by atoms with Gasteiger partial charge in [0.05, 0.1) is 6.61 Å². The molecule has 0 spiro atoms. The molecule has 6 atom stereocenters. The van der Waals surface area contributed by atoms with Gasteiger partial charge in [0.25, 0.3) is 10.1 Å². The third kappa shape index (κ3) is 37.0. The Morgan fingerprint density at radius 1 is 0.538 bits per heavy atom. The van der Waals surface area contributed by atoms with E-state index < -0.39 is 71.2 Å². The Labute approximate surface area is 396 Å². The molecule has 0 aliphatic carbocycles. The number of unbranched alkanes of at least 4 members (excludes halogenated alkanes) is 34. The van der Waals surface area contributed by atoms with Gasteiger partial charge < -0.3 is 34.3 Å². The second-order valence-corrected chi connectivity index (χ2v) is 20.5. The third-order valence-corrected chi connectivity index (χ3v) is 13.5. The zero-order valence-corrected chi connectivity index (χ0v) is 42.0. The fourth-order valence-electron chi connectivity index (χ4n) is 8.60. The van der Waals surface area contributed by atoms with Crippen LogP contribution in [0, 0.1) is 0 Å². The maximum Gasteiger partial charge on any atom is 0.306 e. The van der Waals surface area contributed by atoms with E-state index in [1.54, 1.807) is 0 Å². The van der Waals surface area contributed by atoms with Gasteiger partial charge in [0.15, 0.2) is 12.4 Å². The summed E-state index contributed by atoms with van der Waals surface area (Å²) in [4.78, 5) is 25.5. The summed E-state index contributed by atoms with van der Waals surface area (Å²) in [6.45, 7) is 5.34. The molecule has 1 heterocycles. The van der Waals surface area contributed by atoms with Gasteiger partial charge >= 0.3 is 11.9 Å². The van der Waals surface area contributed by atoms with Crippen LogP contribution >= 0.6 is 0 Å². The molecule has 0 amide bonds. The Morgan fingerprint density at radius 2 is 0.908 bits per heavy atom. The highest BCUT2D eigenvalue weighted by Crippen LogP contribution is 2.24. The maximum absolute atomic E-state index is 12.9. The lowest BCUT2D eigenvalue weighted by molar-refractivity contribution is -0.297. The first kappa shape index (κ1) is 61.4. The molecule has 65 heavy (non-hydrogen) atoms. The molecular formula is C52H98O12S. The minimum Gasteiger partial charge on any atom is -0.462 e. The van der Waals surface area contributed by atoms with E-state index in [0.717, 1.165) is 44.9 Å². The van der Waals surface area contributed by atoms with Gasteiger partial charge in [0.2, 0.25) is 0 Å². The lowest BCUT2D eigenvalue weighted by Crippen LogP contribution is -2.60. The number of hydrogen-bond donors (Lipinski definition) is 4. The summed E-state index contributed by atoms with van der Waals surface area (Å²) < 4.78 is 54.3. The lowest BCUT2D eigenvalue weighted by Gasteiger charge is -2.40. The van der Waals surface area contributed by atoms with Gasteiger partial charge in [0, 0.05) is 12.8 Å². The van der Waals surface area contributed by atoms with E-state index in [-0.39, 0.29) is 19.4 Å². The first-order valence-corrected chi connectivity index (χ1v) is 28.3. The largest absolute Gasteiger partial charge is 0.462 e. The number of aliphatic hydroxyl groups excluding tert-OH is 3. The number of aliphatic hydroxyl groups is 3. The monoisotopic (exact) mass is 947 g/mol. The van der Waals surface area contributed by atoms with E-state index >= 15 is 0 Å². The van der Waals surface area contributed by atoms with Crippen molar-refractivity contribution in [3.05, 3.63) is 12.7 Å². The van der Waals surface area contributed by atoms with Crippen molar-refractivity contribution in [1.82, 2.24) is 0 Å². The van der Waals surface area contributed by atoms with Crippen molar-refractivity contribution in [2.45, 2.75) is 288 Å².